The molecule has 22 heavy (non-hydrogen) atoms. The van der Waals surface area contributed by atoms with Crippen LogP contribution in [0.3, 0.4) is 0 Å². The number of thioether (sulfide) groups is 1. The molecule has 0 radical (unpaired) electrons. The van der Waals surface area contributed by atoms with E-state index in [0.29, 0.717) is 25.9 Å². The van der Waals surface area contributed by atoms with Crippen LogP contribution < -0.4 is 0 Å². The molecule has 7 heteroatoms. The molecule has 0 bridgehead atoms. The molecule has 1 aromatic carbocycles. The van der Waals surface area contributed by atoms with Gasteiger partial charge in [-0.05, 0) is 18.1 Å². The Morgan fingerprint density at radius 3 is 2.64 bits per heavy atom. The largest absolute Gasteiger partial charge is 0.338 e. The van der Waals surface area contributed by atoms with Crippen molar-refractivity contribution < 1.29 is 14.4 Å². The highest BCUT2D eigenvalue weighted by Gasteiger charge is 2.43. The van der Waals surface area contributed by atoms with Crippen molar-refractivity contribution in [1.82, 2.24) is 9.80 Å². The molecule has 2 aliphatic rings. The first-order valence-electron chi connectivity index (χ1n) is 7.06. The number of likely N-dealkylation sites (tertiary alicyclic amines) is 1. The van der Waals surface area contributed by atoms with Crippen LogP contribution in [-0.4, -0.2) is 51.7 Å². The summed E-state index contributed by atoms with van der Waals surface area (Å²) < 4.78 is 1.01. The van der Waals surface area contributed by atoms with Gasteiger partial charge >= 0.3 is 0 Å². The van der Waals surface area contributed by atoms with Crippen LogP contribution in [0.15, 0.2) is 28.7 Å². The predicted octanol–water partition coefficient (Wildman–Crippen LogP) is 2.29. The van der Waals surface area contributed by atoms with Crippen molar-refractivity contribution in [2.24, 2.45) is 0 Å². The number of hydrogen-bond acceptors (Lipinski definition) is 4. The third-order valence-electron chi connectivity index (χ3n) is 3.93. The van der Waals surface area contributed by atoms with Crippen molar-refractivity contribution in [3.63, 3.8) is 0 Å². The topological polar surface area (TPSA) is 57.7 Å². The van der Waals surface area contributed by atoms with E-state index in [0.717, 1.165) is 21.8 Å². The van der Waals surface area contributed by atoms with E-state index in [-0.39, 0.29) is 28.8 Å². The lowest BCUT2D eigenvalue weighted by molar-refractivity contribution is -0.142. The summed E-state index contributed by atoms with van der Waals surface area (Å²) in [7, 11) is 0. The van der Waals surface area contributed by atoms with Gasteiger partial charge < -0.3 is 4.90 Å². The first kappa shape index (κ1) is 15.6. The molecular weight excluding hydrogens is 368 g/mol. The fraction of sp³-hybridized carbons (Fsp3) is 0.400. The SMILES string of the molecule is O=C(CCc1ccccc1Br)N1CC(N2C(=O)CSC2=O)C1. The van der Waals surface area contributed by atoms with Crippen LogP contribution in [0.25, 0.3) is 0 Å². The van der Waals surface area contributed by atoms with Crippen LogP contribution in [0.4, 0.5) is 4.79 Å². The number of nitrogens with zero attached hydrogens (tertiary/aromatic N) is 2. The second-order valence-electron chi connectivity index (χ2n) is 5.36. The summed E-state index contributed by atoms with van der Waals surface area (Å²) in [6.45, 7) is 0.930. The molecule has 5 nitrogen and oxygen atoms in total. The first-order chi connectivity index (χ1) is 10.6. The van der Waals surface area contributed by atoms with Gasteiger partial charge in [-0.25, -0.2) is 0 Å². The number of carbonyl (C=O) groups is 3. The molecule has 2 fully saturated rings. The second-order valence-corrected chi connectivity index (χ2v) is 7.14. The van der Waals surface area contributed by atoms with Crippen LogP contribution in [0.1, 0.15) is 12.0 Å². The molecule has 0 aromatic heterocycles. The van der Waals surface area contributed by atoms with E-state index in [1.807, 2.05) is 24.3 Å². The standard InChI is InChI=1S/C15H15BrN2O3S/c16-12-4-2-1-3-10(12)5-6-13(19)17-7-11(8-17)18-14(20)9-22-15(18)21/h1-4,11H,5-9H2. The van der Waals surface area contributed by atoms with E-state index in [2.05, 4.69) is 15.9 Å². The molecule has 1 aromatic rings. The maximum atomic E-state index is 12.2. The molecule has 2 heterocycles. The van der Waals surface area contributed by atoms with Gasteiger partial charge in [0.15, 0.2) is 0 Å². The van der Waals surface area contributed by atoms with Crippen LogP contribution in [0.5, 0.6) is 0 Å². The van der Waals surface area contributed by atoms with Crippen molar-refractivity contribution in [3.8, 4) is 0 Å². The van der Waals surface area contributed by atoms with Crippen molar-refractivity contribution >= 4 is 44.7 Å². The van der Waals surface area contributed by atoms with E-state index in [1.165, 1.54) is 4.90 Å². The van der Waals surface area contributed by atoms with Gasteiger partial charge in [0.05, 0.1) is 11.8 Å². The monoisotopic (exact) mass is 382 g/mol. The summed E-state index contributed by atoms with van der Waals surface area (Å²) in [6, 6.07) is 7.71. The minimum Gasteiger partial charge on any atom is -0.338 e. The highest BCUT2D eigenvalue weighted by molar-refractivity contribution is 9.10. The third-order valence-corrected chi connectivity index (χ3v) is 5.54. The number of benzene rings is 1. The molecule has 3 rings (SSSR count). The van der Waals surface area contributed by atoms with Crippen LogP contribution in [-0.2, 0) is 16.0 Å². The summed E-state index contributed by atoms with van der Waals surface area (Å²) in [5.41, 5.74) is 1.11. The van der Waals surface area contributed by atoms with Gasteiger partial charge in [-0.2, -0.15) is 0 Å². The van der Waals surface area contributed by atoms with E-state index < -0.39 is 0 Å². The number of carbonyl (C=O) groups excluding carboxylic acids is 3. The second kappa shape index (κ2) is 6.42. The quantitative estimate of drug-likeness (QED) is 0.801. The molecule has 2 aliphatic heterocycles. The lowest BCUT2D eigenvalue weighted by Crippen LogP contribution is -2.62. The van der Waals surface area contributed by atoms with Crippen molar-refractivity contribution in [3.05, 3.63) is 34.3 Å². The minimum absolute atomic E-state index is 0.0683. The maximum Gasteiger partial charge on any atom is 0.289 e. The van der Waals surface area contributed by atoms with Crippen LogP contribution >= 0.6 is 27.7 Å². The Hall–Kier alpha value is -1.34. The van der Waals surface area contributed by atoms with Gasteiger partial charge in [-0.1, -0.05) is 45.9 Å². The highest BCUT2D eigenvalue weighted by atomic mass is 79.9. The zero-order chi connectivity index (χ0) is 15.7. The molecule has 0 aliphatic carbocycles. The smallest absolute Gasteiger partial charge is 0.289 e. The molecule has 3 amide bonds. The lowest BCUT2D eigenvalue weighted by atomic mass is 10.0. The van der Waals surface area contributed by atoms with Gasteiger partial charge in [0.2, 0.25) is 11.8 Å². The predicted molar refractivity (Wildman–Crippen MR) is 87.5 cm³/mol. The van der Waals surface area contributed by atoms with Crippen molar-refractivity contribution in [2.45, 2.75) is 18.9 Å². The number of rotatable bonds is 4. The minimum atomic E-state index is -0.185. The molecule has 0 N–H and O–H groups in total. The first-order valence-corrected chi connectivity index (χ1v) is 8.84. The van der Waals surface area contributed by atoms with E-state index in [4.69, 9.17) is 0 Å². The molecule has 0 spiro atoms. The summed E-state index contributed by atoms with van der Waals surface area (Å²) in [6.07, 6.45) is 1.12. The van der Waals surface area contributed by atoms with Crippen LogP contribution in [0.2, 0.25) is 0 Å². The van der Waals surface area contributed by atoms with E-state index in [9.17, 15) is 14.4 Å². The Bertz CT molecular complexity index is 615. The fourth-order valence-corrected chi connectivity index (χ4v) is 3.90. The molecule has 0 atom stereocenters. The van der Waals surface area contributed by atoms with Gasteiger partial charge in [-0.3, -0.25) is 19.3 Å². The van der Waals surface area contributed by atoms with Crippen LogP contribution in [0, 0.1) is 0 Å². The Labute approximate surface area is 141 Å². The Morgan fingerprint density at radius 1 is 1.27 bits per heavy atom. The molecule has 116 valence electrons. The number of imide groups is 1. The highest BCUT2D eigenvalue weighted by Crippen LogP contribution is 2.26. The average molecular weight is 383 g/mol. The Kier molecular flexibility index (Phi) is 4.54. The lowest BCUT2D eigenvalue weighted by Gasteiger charge is -2.42. The zero-order valence-corrected chi connectivity index (χ0v) is 14.2. The summed E-state index contributed by atoms with van der Waals surface area (Å²) in [5.74, 6) is 0.157. The molecule has 2 saturated heterocycles. The number of halogens is 1. The average Bonchev–Trinajstić information content (AvgIpc) is 2.77. The normalized spacial score (nSPS) is 18.8. The zero-order valence-electron chi connectivity index (χ0n) is 11.8. The summed E-state index contributed by atoms with van der Waals surface area (Å²) >= 11 is 4.51. The van der Waals surface area contributed by atoms with E-state index >= 15 is 0 Å². The van der Waals surface area contributed by atoms with Gasteiger partial charge in [-0.15, -0.1) is 0 Å². The summed E-state index contributed by atoms with van der Waals surface area (Å²) in [4.78, 5) is 38.4. The molecule has 0 unspecified atom stereocenters. The van der Waals surface area contributed by atoms with Gasteiger partial charge in [0, 0.05) is 24.0 Å². The third kappa shape index (κ3) is 3.05. The Morgan fingerprint density at radius 2 is 2.00 bits per heavy atom. The Balaban J connectivity index is 1.49. The number of aryl methyl sites for hydroxylation is 1. The van der Waals surface area contributed by atoms with Crippen molar-refractivity contribution in [2.75, 3.05) is 18.8 Å². The van der Waals surface area contributed by atoms with Crippen molar-refractivity contribution in [1.29, 1.82) is 0 Å². The van der Waals surface area contributed by atoms with Gasteiger partial charge in [0.25, 0.3) is 5.24 Å². The fourth-order valence-electron chi connectivity index (χ4n) is 2.64. The molecule has 0 saturated carbocycles. The van der Waals surface area contributed by atoms with Gasteiger partial charge in [0.1, 0.15) is 0 Å². The van der Waals surface area contributed by atoms with E-state index in [1.54, 1.807) is 4.90 Å². The number of hydrogen-bond donors (Lipinski definition) is 0. The molecular formula is C15H15BrN2O3S. The maximum absolute atomic E-state index is 12.2. The summed E-state index contributed by atoms with van der Waals surface area (Å²) in [5, 5.41) is -0.185. The number of amides is 3.